The number of rotatable bonds is 1. The molecule has 0 unspecified atom stereocenters. The van der Waals surface area contributed by atoms with Crippen LogP contribution in [0.25, 0.3) is 0 Å². The second-order valence-corrected chi connectivity index (χ2v) is 3.83. The molecule has 2 rings (SSSR count). The molecule has 2 nitrogen and oxygen atoms in total. The lowest BCUT2D eigenvalue weighted by Crippen LogP contribution is -2.29. The zero-order valence-corrected chi connectivity index (χ0v) is 6.59. The Balaban J connectivity index is 1.90. The Morgan fingerprint density at radius 2 is 2.00 bits per heavy atom. The Hall–Kier alpha value is -0.0800. The zero-order chi connectivity index (χ0) is 7.14. The van der Waals surface area contributed by atoms with Gasteiger partial charge in [0.05, 0.1) is 0 Å². The highest BCUT2D eigenvalue weighted by molar-refractivity contribution is 4.93. The molecule has 0 radical (unpaired) electrons. The Labute approximate surface area is 62.4 Å². The summed E-state index contributed by atoms with van der Waals surface area (Å²) >= 11 is 0. The topological polar surface area (TPSA) is 29.3 Å². The quantitative estimate of drug-likeness (QED) is 0.572. The molecule has 1 saturated heterocycles. The lowest BCUT2D eigenvalue weighted by Gasteiger charge is -2.12. The summed E-state index contributed by atoms with van der Waals surface area (Å²) in [6.07, 6.45) is 2.83. The highest BCUT2D eigenvalue weighted by atomic mass is 15.2. The predicted molar refractivity (Wildman–Crippen MR) is 41.7 cm³/mol. The van der Waals surface area contributed by atoms with Gasteiger partial charge in [-0.25, -0.2) is 0 Å². The van der Waals surface area contributed by atoms with Gasteiger partial charge in [0, 0.05) is 25.2 Å². The second-order valence-electron chi connectivity index (χ2n) is 3.83. The van der Waals surface area contributed by atoms with E-state index in [4.69, 9.17) is 5.73 Å². The van der Waals surface area contributed by atoms with Crippen LogP contribution in [0.1, 0.15) is 19.8 Å². The first-order valence-electron chi connectivity index (χ1n) is 4.27. The van der Waals surface area contributed by atoms with Crippen molar-refractivity contribution in [2.24, 2.45) is 11.7 Å². The van der Waals surface area contributed by atoms with Crippen molar-refractivity contribution in [3.05, 3.63) is 0 Å². The molecule has 1 saturated carbocycles. The second kappa shape index (κ2) is 2.21. The number of hydrogen-bond acceptors (Lipinski definition) is 2. The molecule has 2 fully saturated rings. The highest BCUT2D eigenvalue weighted by Gasteiger charge is 2.36. The van der Waals surface area contributed by atoms with Gasteiger partial charge in [-0.1, -0.05) is 6.92 Å². The summed E-state index contributed by atoms with van der Waals surface area (Å²) in [6, 6.07) is 1.36. The molecule has 0 spiro atoms. The molecule has 1 aliphatic carbocycles. The standard InChI is InChI=1S/C8H16N2/c1-6-4-10(5-8(6)9)7-2-3-7/h6-8H,2-5,9H2,1H3/t6-,8-/m1/s1. The predicted octanol–water partition coefficient (Wildman–Crippen LogP) is 0.428. The molecule has 0 bridgehead atoms. The van der Waals surface area contributed by atoms with Crippen LogP contribution in [0.3, 0.4) is 0 Å². The van der Waals surface area contributed by atoms with E-state index in [9.17, 15) is 0 Å². The monoisotopic (exact) mass is 140 g/mol. The summed E-state index contributed by atoms with van der Waals surface area (Å²) in [4.78, 5) is 2.55. The van der Waals surface area contributed by atoms with Crippen LogP contribution in [0.2, 0.25) is 0 Å². The fraction of sp³-hybridized carbons (Fsp3) is 1.00. The van der Waals surface area contributed by atoms with Crippen LogP contribution in [-0.2, 0) is 0 Å². The summed E-state index contributed by atoms with van der Waals surface area (Å²) in [7, 11) is 0. The molecule has 2 aliphatic rings. The van der Waals surface area contributed by atoms with Crippen LogP contribution in [0.4, 0.5) is 0 Å². The maximum Gasteiger partial charge on any atom is 0.0206 e. The maximum atomic E-state index is 5.89. The number of likely N-dealkylation sites (tertiary alicyclic amines) is 1. The van der Waals surface area contributed by atoms with Crippen LogP contribution in [0.15, 0.2) is 0 Å². The van der Waals surface area contributed by atoms with E-state index in [0.717, 1.165) is 18.5 Å². The lowest BCUT2D eigenvalue weighted by atomic mass is 10.1. The number of nitrogens with zero attached hydrogens (tertiary/aromatic N) is 1. The van der Waals surface area contributed by atoms with E-state index >= 15 is 0 Å². The fourth-order valence-electron chi connectivity index (χ4n) is 1.77. The van der Waals surface area contributed by atoms with Crippen molar-refractivity contribution < 1.29 is 0 Å². The molecule has 0 aromatic rings. The Kier molecular flexibility index (Phi) is 1.46. The molecular formula is C8H16N2. The van der Waals surface area contributed by atoms with Crippen molar-refractivity contribution in [2.75, 3.05) is 13.1 Å². The molecule has 58 valence electrons. The van der Waals surface area contributed by atoms with E-state index in [1.54, 1.807) is 0 Å². The molecule has 1 aliphatic heterocycles. The van der Waals surface area contributed by atoms with Crippen molar-refractivity contribution >= 4 is 0 Å². The van der Waals surface area contributed by atoms with Gasteiger partial charge >= 0.3 is 0 Å². The highest BCUT2D eigenvalue weighted by Crippen LogP contribution is 2.30. The Morgan fingerprint density at radius 1 is 1.30 bits per heavy atom. The fourth-order valence-corrected chi connectivity index (χ4v) is 1.77. The van der Waals surface area contributed by atoms with Crippen molar-refractivity contribution in [2.45, 2.75) is 31.8 Å². The van der Waals surface area contributed by atoms with Gasteiger partial charge in [0.1, 0.15) is 0 Å². The minimum absolute atomic E-state index is 0.445. The van der Waals surface area contributed by atoms with Gasteiger partial charge in [-0.2, -0.15) is 0 Å². The molecule has 0 amide bonds. The SMILES string of the molecule is C[C@@H]1CN(C2CC2)C[C@H]1N. The summed E-state index contributed by atoms with van der Waals surface area (Å²) in [5, 5.41) is 0. The van der Waals surface area contributed by atoms with Gasteiger partial charge in [-0.3, -0.25) is 4.90 Å². The van der Waals surface area contributed by atoms with Gasteiger partial charge in [0.2, 0.25) is 0 Å². The first-order valence-corrected chi connectivity index (χ1v) is 4.27. The van der Waals surface area contributed by atoms with Crippen LogP contribution in [0, 0.1) is 5.92 Å². The first-order chi connectivity index (χ1) is 4.77. The average Bonchev–Trinajstić information content (AvgIpc) is 2.64. The smallest absolute Gasteiger partial charge is 0.0206 e. The number of nitrogens with two attached hydrogens (primary N) is 1. The zero-order valence-electron chi connectivity index (χ0n) is 6.59. The van der Waals surface area contributed by atoms with Gasteiger partial charge < -0.3 is 5.73 Å². The average molecular weight is 140 g/mol. The van der Waals surface area contributed by atoms with Gasteiger partial charge in [-0.15, -0.1) is 0 Å². The maximum absolute atomic E-state index is 5.89. The van der Waals surface area contributed by atoms with E-state index in [2.05, 4.69) is 11.8 Å². The largest absolute Gasteiger partial charge is 0.326 e. The lowest BCUT2D eigenvalue weighted by molar-refractivity contribution is 0.316. The van der Waals surface area contributed by atoms with Crippen molar-refractivity contribution in [1.29, 1.82) is 0 Å². The van der Waals surface area contributed by atoms with E-state index < -0.39 is 0 Å². The normalized spacial score (nSPS) is 42.6. The Morgan fingerprint density at radius 3 is 2.40 bits per heavy atom. The van der Waals surface area contributed by atoms with Gasteiger partial charge in [0.15, 0.2) is 0 Å². The third-order valence-corrected chi connectivity index (χ3v) is 2.76. The summed E-state index contributed by atoms with van der Waals surface area (Å²) in [6.45, 7) is 4.64. The van der Waals surface area contributed by atoms with E-state index in [1.807, 2.05) is 0 Å². The molecule has 0 aromatic carbocycles. The molecule has 2 atom stereocenters. The van der Waals surface area contributed by atoms with E-state index in [-0.39, 0.29) is 0 Å². The third kappa shape index (κ3) is 1.06. The van der Waals surface area contributed by atoms with Crippen molar-refractivity contribution in [3.8, 4) is 0 Å². The summed E-state index contributed by atoms with van der Waals surface area (Å²) in [5.74, 6) is 0.723. The molecule has 10 heavy (non-hydrogen) atoms. The molecular weight excluding hydrogens is 124 g/mol. The van der Waals surface area contributed by atoms with E-state index in [1.165, 1.54) is 19.4 Å². The van der Waals surface area contributed by atoms with E-state index in [0.29, 0.717) is 6.04 Å². The van der Waals surface area contributed by atoms with Crippen molar-refractivity contribution in [1.82, 2.24) is 4.90 Å². The molecule has 1 heterocycles. The van der Waals surface area contributed by atoms with Gasteiger partial charge in [-0.05, 0) is 18.8 Å². The Bertz CT molecular complexity index is 121. The van der Waals surface area contributed by atoms with Crippen LogP contribution in [0.5, 0.6) is 0 Å². The van der Waals surface area contributed by atoms with Crippen LogP contribution in [-0.4, -0.2) is 30.1 Å². The van der Waals surface area contributed by atoms with Crippen LogP contribution < -0.4 is 5.73 Å². The minimum Gasteiger partial charge on any atom is -0.326 e. The summed E-state index contributed by atoms with van der Waals surface area (Å²) in [5.41, 5.74) is 5.89. The van der Waals surface area contributed by atoms with Gasteiger partial charge in [0.25, 0.3) is 0 Å². The third-order valence-electron chi connectivity index (χ3n) is 2.76. The first kappa shape index (κ1) is 6.62. The molecule has 2 N–H and O–H groups in total. The summed E-state index contributed by atoms with van der Waals surface area (Å²) < 4.78 is 0. The van der Waals surface area contributed by atoms with Crippen LogP contribution >= 0.6 is 0 Å². The minimum atomic E-state index is 0.445. The number of hydrogen-bond donors (Lipinski definition) is 1. The molecule has 0 aromatic heterocycles. The molecule has 2 heteroatoms. The van der Waals surface area contributed by atoms with Crippen molar-refractivity contribution in [3.63, 3.8) is 0 Å².